The lowest BCUT2D eigenvalue weighted by molar-refractivity contribution is -0.121. The van der Waals surface area contributed by atoms with E-state index < -0.39 is 17.1 Å². The van der Waals surface area contributed by atoms with Gasteiger partial charge in [-0.1, -0.05) is 6.07 Å². The zero-order valence-electron chi connectivity index (χ0n) is 16.8. The van der Waals surface area contributed by atoms with Crippen molar-refractivity contribution in [2.75, 3.05) is 7.11 Å². The maximum absolute atomic E-state index is 12.7. The summed E-state index contributed by atoms with van der Waals surface area (Å²) in [6.07, 6.45) is -0.100. The summed E-state index contributed by atoms with van der Waals surface area (Å²) in [4.78, 5) is 29.1. The van der Waals surface area contributed by atoms with Crippen molar-refractivity contribution in [2.24, 2.45) is 0 Å². The molecule has 2 heterocycles. The number of carbonyl (C=O) groups excluding carboxylic acids is 1. The molecule has 1 amide bonds. The molecule has 30 heavy (non-hydrogen) atoms. The molecule has 158 valence electrons. The van der Waals surface area contributed by atoms with Crippen molar-refractivity contribution in [3.63, 3.8) is 0 Å². The number of hydrogen-bond acceptors (Lipinski definition) is 8. The number of benzene rings is 1. The van der Waals surface area contributed by atoms with Gasteiger partial charge in [-0.3, -0.25) is 9.59 Å². The molecular weight excluding hydrogens is 408 g/mol. The number of hydrogen-bond donors (Lipinski definition) is 3. The van der Waals surface area contributed by atoms with E-state index in [2.05, 4.69) is 10.3 Å². The van der Waals surface area contributed by atoms with Crippen LogP contribution in [0.5, 0.6) is 17.2 Å². The van der Waals surface area contributed by atoms with Crippen molar-refractivity contribution in [3.05, 3.63) is 67.7 Å². The fourth-order valence-corrected chi connectivity index (χ4v) is 3.68. The minimum Gasteiger partial charge on any atom is -0.504 e. The third-order valence-corrected chi connectivity index (χ3v) is 5.34. The maximum atomic E-state index is 12.7. The highest BCUT2D eigenvalue weighted by Crippen LogP contribution is 2.37. The van der Waals surface area contributed by atoms with Crippen LogP contribution in [0.1, 0.15) is 40.1 Å². The molecule has 1 atom stereocenters. The van der Waals surface area contributed by atoms with E-state index in [4.69, 9.17) is 9.15 Å². The third kappa shape index (κ3) is 4.80. The summed E-state index contributed by atoms with van der Waals surface area (Å²) in [6, 6.07) is 5.72. The van der Waals surface area contributed by atoms with Crippen LogP contribution in [-0.4, -0.2) is 28.2 Å². The van der Waals surface area contributed by atoms with Crippen LogP contribution in [0.15, 0.2) is 38.9 Å². The Hall–Kier alpha value is -3.33. The second-order valence-corrected chi connectivity index (χ2v) is 7.82. The van der Waals surface area contributed by atoms with Crippen molar-refractivity contribution >= 4 is 17.2 Å². The van der Waals surface area contributed by atoms with E-state index >= 15 is 0 Å². The van der Waals surface area contributed by atoms with Crippen molar-refractivity contribution in [1.82, 2.24) is 10.3 Å². The highest BCUT2D eigenvalue weighted by Gasteiger charge is 2.26. The standard InChI is InChI=1S/C21H22N2O6S/c1-11-6-17(25)20(27)21(29-11)15(13-4-5-16(24)18(7-13)28-3)8-19(26)22-9-14-10-30-12(2)23-14/h4-7,10,15,24,27H,8-9H2,1-3H3,(H,22,26). The molecule has 0 saturated heterocycles. The van der Waals surface area contributed by atoms with Crippen LogP contribution in [0.3, 0.4) is 0 Å². The topological polar surface area (TPSA) is 122 Å². The van der Waals surface area contributed by atoms with Gasteiger partial charge in [0.15, 0.2) is 17.3 Å². The fourth-order valence-electron chi connectivity index (χ4n) is 3.07. The lowest BCUT2D eigenvalue weighted by atomic mass is 9.91. The molecule has 0 spiro atoms. The molecule has 9 heteroatoms. The van der Waals surface area contributed by atoms with Crippen LogP contribution >= 0.6 is 11.3 Å². The molecule has 0 aliphatic heterocycles. The van der Waals surface area contributed by atoms with Crippen LogP contribution in [0.4, 0.5) is 0 Å². The van der Waals surface area contributed by atoms with Crippen molar-refractivity contribution in [3.8, 4) is 17.2 Å². The van der Waals surface area contributed by atoms with Crippen molar-refractivity contribution in [2.45, 2.75) is 32.7 Å². The summed E-state index contributed by atoms with van der Waals surface area (Å²) >= 11 is 1.49. The summed E-state index contributed by atoms with van der Waals surface area (Å²) in [5, 5.41) is 25.8. The van der Waals surface area contributed by atoms with E-state index in [0.29, 0.717) is 11.3 Å². The van der Waals surface area contributed by atoms with Gasteiger partial charge in [-0.15, -0.1) is 11.3 Å². The van der Waals surface area contributed by atoms with E-state index in [-0.39, 0.29) is 36.1 Å². The molecule has 3 aromatic rings. The zero-order valence-corrected chi connectivity index (χ0v) is 17.6. The lowest BCUT2D eigenvalue weighted by Gasteiger charge is -2.18. The minimum atomic E-state index is -0.774. The van der Waals surface area contributed by atoms with Gasteiger partial charge in [0, 0.05) is 17.9 Å². The van der Waals surface area contributed by atoms with E-state index in [1.165, 1.54) is 30.6 Å². The lowest BCUT2D eigenvalue weighted by Crippen LogP contribution is -2.25. The largest absolute Gasteiger partial charge is 0.504 e. The Balaban J connectivity index is 1.93. The number of aryl methyl sites for hydroxylation is 2. The second kappa shape index (κ2) is 9.00. The molecular formula is C21H22N2O6S. The highest BCUT2D eigenvalue weighted by molar-refractivity contribution is 7.09. The predicted octanol–water partition coefficient (Wildman–Crippen LogP) is 2.97. The number of nitrogens with zero attached hydrogens (tertiary/aromatic N) is 1. The van der Waals surface area contributed by atoms with Crippen molar-refractivity contribution in [1.29, 1.82) is 0 Å². The number of methoxy groups -OCH3 is 1. The molecule has 3 N–H and O–H groups in total. The SMILES string of the molecule is COc1cc(C(CC(=O)NCc2csc(C)n2)c2oc(C)cc(=O)c2O)ccc1O. The number of thiazole rings is 1. The van der Waals surface area contributed by atoms with E-state index in [9.17, 15) is 19.8 Å². The van der Waals surface area contributed by atoms with Crippen LogP contribution in [0, 0.1) is 13.8 Å². The van der Waals surface area contributed by atoms with E-state index in [1.807, 2.05) is 12.3 Å². The molecule has 8 nitrogen and oxygen atoms in total. The smallest absolute Gasteiger partial charge is 0.227 e. The normalized spacial score (nSPS) is 11.8. The number of rotatable bonds is 7. The number of phenolic OH excluding ortho intramolecular Hbond substituents is 1. The summed E-state index contributed by atoms with van der Waals surface area (Å²) in [5.74, 6) is -1.23. The Bertz CT molecular complexity index is 1120. The quantitative estimate of drug-likeness (QED) is 0.527. The number of aromatic hydroxyl groups is 2. The van der Waals surface area contributed by atoms with Gasteiger partial charge in [-0.25, -0.2) is 4.98 Å². The van der Waals surface area contributed by atoms with Gasteiger partial charge in [0.2, 0.25) is 17.1 Å². The molecule has 0 bridgehead atoms. The molecule has 0 aliphatic rings. The first-order valence-electron chi connectivity index (χ1n) is 9.16. The molecule has 1 unspecified atom stereocenters. The number of phenols is 1. The van der Waals surface area contributed by atoms with Crippen LogP contribution in [0.25, 0.3) is 0 Å². The molecule has 0 fully saturated rings. The summed E-state index contributed by atoms with van der Waals surface area (Å²) in [5.41, 5.74) is 0.690. The molecule has 1 aromatic carbocycles. The first-order valence-corrected chi connectivity index (χ1v) is 10.0. The molecule has 2 aromatic heterocycles. The van der Waals surface area contributed by atoms with Crippen LogP contribution in [0.2, 0.25) is 0 Å². The van der Waals surface area contributed by atoms with Gasteiger partial charge in [0.25, 0.3) is 0 Å². The first-order chi connectivity index (χ1) is 14.3. The van der Waals surface area contributed by atoms with Gasteiger partial charge in [-0.05, 0) is 31.5 Å². The second-order valence-electron chi connectivity index (χ2n) is 6.76. The monoisotopic (exact) mass is 430 g/mol. The van der Waals surface area contributed by atoms with Gasteiger partial charge >= 0.3 is 0 Å². The predicted molar refractivity (Wildman–Crippen MR) is 111 cm³/mol. The number of carbonyl (C=O) groups is 1. The average Bonchev–Trinajstić information content (AvgIpc) is 3.13. The Morgan fingerprint density at radius 3 is 2.73 bits per heavy atom. The Morgan fingerprint density at radius 1 is 1.30 bits per heavy atom. The fraction of sp³-hybridized carbons (Fsp3) is 0.286. The van der Waals surface area contributed by atoms with Crippen LogP contribution in [-0.2, 0) is 11.3 Å². The average molecular weight is 430 g/mol. The number of ether oxygens (including phenoxy) is 1. The Kier molecular flexibility index (Phi) is 6.41. The molecule has 0 radical (unpaired) electrons. The summed E-state index contributed by atoms with van der Waals surface area (Å²) in [6.45, 7) is 3.73. The number of amides is 1. The molecule has 0 saturated carbocycles. The Morgan fingerprint density at radius 2 is 2.07 bits per heavy atom. The third-order valence-electron chi connectivity index (χ3n) is 4.52. The first kappa shape index (κ1) is 21.4. The summed E-state index contributed by atoms with van der Waals surface area (Å²) in [7, 11) is 1.40. The van der Waals surface area contributed by atoms with Gasteiger partial charge in [0.05, 0.1) is 30.3 Å². The minimum absolute atomic E-state index is 0.0209. The van der Waals surface area contributed by atoms with E-state index in [0.717, 1.165) is 10.7 Å². The number of aromatic nitrogens is 1. The van der Waals surface area contributed by atoms with Crippen LogP contribution < -0.4 is 15.5 Å². The maximum Gasteiger partial charge on any atom is 0.227 e. The zero-order chi connectivity index (χ0) is 21.8. The van der Waals surface area contributed by atoms with E-state index in [1.54, 1.807) is 19.1 Å². The molecule has 3 rings (SSSR count). The van der Waals surface area contributed by atoms with Gasteiger partial charge in [-0.2, -0.15) is 0 Å². The van der Waals surface area contributed by atoms with Crippen molar-refractivity contribution < 1.29 is 24.2 Å². The number of nitrogens with one attached hydrogen (secondary N) is 1. The van der Waals surface area contributed by atoms with Gasteiger partial charge in [0.1, 0.15) is 5.76 Å². The molecule has 0 aliphatic carbocycles. The Labute approximate surface area is 176 Å². The highest BCUT2D eigenvalue weighted by atomic mass is 32.1. The summed E-state index contributed by atoms with van der Waals surface area (Å²) < 4.78 is 10.8. The van der Waals surface area contributed by atoms with Gasteiger partial charge < -0.3 is 24.7 Å².